The number of carboxylic acid groups (broad SMARTS) is 1. The average molecular weight is 607 g/mol. The quantitative estimate of drug-likeness (QED) is 0.194. The number of benzene rings is 1. The lowest BCUT2D eigenvalue weighted by molar-refractivity contribution is -0.138. The van der Waals surface area contributed by atoms with E-state index in [1.807, 2.05) is 0 Å². The summed E-state index contributed by atoms with van der Waals surface area (Å²) in [5.41, 5.74) is 3.65. The normalized spacial score (nSPS) is 11.1. The molecule has 1 heterocycles. The second kappa shape index (κ2) is 16.8. The molecule has 0 bridgehead atoms. The molecule has 0 fully saturated rings. The number of hydrogen-bond donors (Lipinski definition) is 2. The standard InChI is InChI=1S/C22H29Br2N3O7/c23-14-19-20(15-24)27-18-13-16(1-2-17(18)26-19)22(30)25-4-6-32-8-10-34-12-11-33-9-7-31-5-3-21(28)29/h1-2,13H,3-12,14-15H2,(H,25,30)(H,28,29). The Labute approximate surface area is 215 Å². The van der Waals surface area contributed by atoms with E-state index in [0.29, 0.717) is 74.5 Å². The molecule has 0 aliphatic carbocycles. The highest BCUT2D eigenvalue weighted by molar-refractivity contribution is 9.09. The highest BCUT2D eigenvalue weighted by Gasteiger charge is 2.10. The van der Waals surface area contributed by atoms with Crippen LogP contribution in [0.1, 0.15) is 28.2 Å². The van der Waals surface area contributed by atoms with E-state index in [1.165, 1.54) is 0 Å². The van der Waals surface area contributed by atoms with Crippen molar-refractivity contribution in [1.29, 1.82) is 0 Å². The number of nitrogens with one attached hydrogen (secondary N) is 1. The minimum Gasteiger partial charge on any atom is -0.481 e. The molecule has 1 aromatic heterocycles. The minimum absolute atomic E-state index is 0.0116. The Morgan fingerprint density at radius 2 is 1.32 bits per heavy atom. The fourth-order valence-corrected chi connectivity index (χ4v) is 3.64. The van der Waals surface area contributed by atoms with Crippen LogP contribution in [-0.4, -0.2) is 86.4 Å². The largest absolute Gasteiger partial charge is 0.481 e. The molecule has 0 aliphatic heterocycles. The molecule has 188 valence electrons. The Balaban J connectivity index is 1.52. The number of ether oxygens (including phenoxy) is 4. The monoisotopic (exact) mass is 605 g/mol. The van der Waals surface area contributed by atoms with Crippen LogP contribution in [-0.2, 0) is 34.4 Å². The van der Waals surface area contributed by atoms with E-state index in [2.05, 4.69) is 47.1 Å². The molecule has 2 aromatic rings. The van der Waals surface area contributed by atoms with Crippen molar-refractivity contribution in [2.24, 2.45) is 0 Å². The first-order valence-corrected chi connectivity index (χ1v) is 13.0. The summed E-state index contributed by atoms with van der Waals surface area (Å²) in [6.45, 7) is 3.34. The Bertz CT molecular complexity index is 917. The molecule has 1 amide bonds. The van der Waals surface area contributed by atoms with Gasteiger partial charge in [-0.2, -0.15) is 0 Å². The summed E-state index contributed by atoms with van der Waals surface area (Å²) in [5, 5.41) is 12.5. The van der Waals surface area contributed by atoms with Crippen molar-refractivity contribution in [2.75, 3.05) is 59.4 Å². The second-order valence-corrected chi connectivity index (χ2v) is 8.06. The fraction of sp³-hybridized carbons (Fsp3) is 0.545. The zero-order chi connectivity index (χ0) is 24.6. The van der Waals surface area contributed by atoms with Gasteiger partial charge in [0.25, 0.3) is 5.91 Å². The first-order chi connectivity index (χ1) is 16.5. The number of aromatic nitrogens is 2. The molecule has 1 aromatic carbocycles. The SMILES string of the molecule is O=C(O)CCOCCOCCOCCOCCNC(=O)c1ccc2nc(CBr)c(CBr)nc2c1. The smallest absolute Gasteiger partial charge is 0.305 e. The Morgan fingerprint density at radius 3 is 1.88 bits per heavy atom. The summed E-state index contributed by atoms with van der Waals surface area (Å²) in [4.78, 5) is 31.9. The maximum Gasteiger partial charge on any atom is 0.305 e. The third kappa shape index (κ3) is 10.7. The highest BCUT2D eigenvalue weighted by atomic mass is 79.9. The number of alkyl halides is 2. The third-order valence-electron chi connectivity index (χ3n) is 4.44. The van der Waals surface area contributed by atoms with Crippen molar-refractivity contribution in [3.63, 3.8) is 0 Å². The molecule has 2 rings (SSSR count). The van der Waals surface area contributed by atoms with Crippen LogP contribution in [0.5, 0.6) is 0 Å². The molecule has 0 radical (unpaired) electrons. The number of rotatable bonds is 18. The zero-order valence-corrected chi connectivity index (χ0v) is 21.9. The number of carbonyl (C=O) groups excluding carboxylic acids is 1. The topological polar surface area (TPSA) is 129 Å². The number of hydrogen-bond acceptors (Lipinski definition) is 8. The first kappa shape index (κ1) is 28.5. The van der Waals surface area contributed by atoms with E-state index >= 15 is 0 Å². The summed E-state index contributed by atoms with van der Waals surface area (Å²) in [6.07, 6.45) is -0.0116. The van der Waals surface area contributed by atoms with Gasteiger partial charge in [0.1, 0.15) is 0 Å². The minimum atomic E-state index is -0.882. The molecule has 10 nitrogen and oxygen atoms in total. The van der Waals surface area contributed by atoms with Crippen LogP contribution in [0.3, 0.4) is 0 Å². The van der Waals surface area contributed by atoms with Crippen molar-refractivity contribution in [3.8, 4) is 0 Å². The summed E-state index contributed by atoms with van der Waals surface area (Å²) < 4.78 is 21.3. The Morgan fingerprint density at radius 1 is 0.794 bits per heavy atom. The predicted octanol–water partition coefficient (Wildman–Crippen LogP) is 2.69. The summed E-state index contributed by atoms with van der Waals surface area (Å²) >= 11 is 6.84. The molecule has 34 heavy (non-hydrogen) atoms. The van der Waals surface area contributed by atoms with Gasteiger partial charge in [-0.3, -0.25) is 9.59 Å². The maximum atomic E-state index is 12.4. The average Bonchev–Trinajstić information content (AvgIpc) is 2.84. The van der Waals surface area contributed by atoms with Crippen molar-refractivity contribution < 1.29 is 33.6 Å². The van der Waals surface area contributed by atoms with Crippen LogP contribution in [0.15, 0.2) is 18.2 Å². The number of halogens is 2. The van der Waals surface area contributed by atoms with E-state index in [4.69, 9.17) is 24.1 Å². The first-order valence-electron chi connectivity index (χ1n) is 10.8. The zero-order valence-electron chi connectivity index (χ0n) is 18.8. The summed E-state index contributed by atoms with van der Waals surface area (Å²) in [6, 6.07) is 5.27. The van der Waals surface area contributed by atoms with Gasteiger partial charge in [-0.15, -0.1) is 0 Å². The number of amides is 1. The van der Waals surface area contributed by atoms with Crippen molar-refractivity contribution >= 4 is 54.8 Å². The van der Waals surface area contributed by atoms with Gasteiger partial charge in [-0.25, -0.2) is 9.97 Å². The van der Waals surface area contributed by atoms with E-state index < -0.39 is 5.97 Å². The van der Waals surface area contributed by atoms with Gasteiger partial charge in [0.2, 0.25) is 0 Å². The van der Waals surface area contributed by atoms with E-state index in [9.17, 15) is 9.59 Å². The van der Waals surface area contributed by atoms with Crippen molar-refractivity contribution in [2.45, 2.75) is 17.1 Å². The van der Waals surface area contributed by atoms with Gasteiger partial charge in [0.15, 0.2) is 0 Å². The van der Waals surface area contributed by atoms with Crippen LogP contribution in [0.4, 0.5) is 0 Å². The predicted molar refractivity (Wildman–Crippen MR) is 133 cm³/mol. The second-order valence-electron chi connectivity index (χ2n) is 6.94. The van der Waals surface area contributed by atoms with Crippen LogP contribution >= 0.6 is 31.9 Å². The molecule has 0 spiro atoms. The molecule has 0 atom stereocenters. The number of fused-ring (bicyclic) bond motifs is 1. The van der Waals surface area contributed by atoms with Gasteiger partial charge < -0.3 is 29.4 Å². The molecular weight excluding hydrogens is 578 g/mol. The van der Waals surface area contributed by atoms with Crippen LogP contribution < -0.4 is 5.32 Å². The Kier molecular flexibility index (Phi) is 14.1. The van der Waals surface area contributed by atoms with Crippen LogP contribution in [0.2, 0.25) is 0 Å². The molecule has 0 saturated carbocycles. The van der Waals surface area contributed by atoms with Crippen LogP contribution in [0, 0.1) is 0 Å². The van der Waals surface area contributed by atoms with Crippen molar-refractivity contribution in [1.82, 2.24) is 15.3 Å². The third-order valence-corrected chi connectivity index (χ3v) is 5.51. The van der Waals surface area contributed by atoms with Gasteiger partial charge >= 0.3 is 5.97 Å². The van der Waals surface area contributed by atoms with Gasteiger partial charge in [-0.1, -0.05) is 31.9 Å². The number of carboxylic acids is 1. The van der Waals surface area contributed by atoms with E-state index in [0.717, 1.165) is 16.9 Å². The van der Waals surface area contributed by atoms with Gasteiger partial charge in [0, 0.05) is 22.8 Å². The Hall–Kier alpha value is -1.70. The van der Waals surface area contributed by atoms with E-state index in [-0.39, 0.29) is 18.9 Å². The molecule has 2 N–H and O–H groups in total. The fourth-order valence-electron chi connectivity index (χ4n) is 2.74. The molecule has 0 saturated heterocycles. The lowest BCUT2D eigenvalue weighted by Crippen LogP contribution is -2.27. The van der Waals surface area contributed by atoms with Crippen molar-refractivity contribution in [3.05, 3.63) is 35.2 Å². The number of nitrogens with zero attached hydrogens (tertiary/aromatic N) is 2. The summed E-state index contributed by atoms with van der Waals surface area (Å²) in [7, 11) is 0. The molecular formula is C22H29Br2N3O7. The lowest BCUT2D eigenvalue weighted by Gasteiger charge is -2.09. The van der Waals surface area contributed by atoms with Crippen LogP contribution in [0.25, 0.3) is 11.0 Å². The number of aliphatic carboxylic acids is 1. The molecule has 12 heteroatoms. The van der Waals surface area contributed by atoms with E-state index in [1.54, 1.807) is 18.2 Å². The van der Waals surface area contributed by atoms with Gasteiger partial charge in [0.05, 0.1) is 81.7 Å². The molecule has 0 unspecified atom stereocenters. The summed E-state index contributed by atoms with van der Waals surface area (Å²) in [5.74, 6) is -1.08. The molecule has 0 aliphatic rings. The lowest BCUT2D eigenvalue weighted by atomic mass is 10.1. The maximum absolute atomic E-state index is 12.4. The highest BCUT2D eigenvalue weighted by Crippen LogP contribution is 2.18. The van der Waals surface area contributed by atoms with Gasteiger partial charge in [-0.05, 0) is 18.2 Å². The number of carbonyl (C=O) groups is 2.